The maximum atomic E-state index is 14.4. The van der Waals surface area contributed by atoms with Crippen molar-refractivity contribution in [1.29, 1.82) is 0 Å². The Bertz CT molecular complexity index is 2560. The van der Waals surface area contributed by atoms with Crippen molar-refractivity contribution in [2.75, 3.05) is 0 Å². The molecule has 8 aromatic rings. The van der Waals surface area contributed by atoms with E-state index in [4.69, 9.17) is 13.2 Å². The van der Waals surface area contributed by atoms with Crippen molar-refractivity contribution in [2.24, 2.45) is 4.36 Å². The number of furan rings is 2. The molecule has 2 aromatic heterocycles. The quantitative estimate of drug-likeness (QED) is 0.211. The van der Waals surface area contributed by atoms with Crippen LogP contribution in [0.15, 0.2) is 163 Å². The molecule has 0 bridgehead atoms. The van der Waals surface area contributed by atoms with E-state index < -0.39 is 9.73 Å². The second-order valence-electron chi connectivity index (χ2n) is 10.8. The van der Waals surface area contributed by atoms with Crippen LogP contribution in [0.3, 0.4) is 0 Å². The van der Waals surface area contributed by atoms with Gasteiger partial charge in [-0.25, -0.2) is 4.21 Å². The van der Waals surface area contributed by atoms with E-state index in [2.05, 4.69) is 30.3 Å². The standard InChI is InChI=1S/C38H23NO3S/c40-43(25-10-2-1-3-11-25)36-19-7-5-12-27(36)31(23-39-43)28-15-9-18-35-38(28)30-22-24(20-21-33(30)42-35)26-14-8-17-34-37(26)29-13-4-6-16-32(29)41-34/h1-23H. The van der Waals surface area contributed by atoms with Crippen LogP contribution in [0, 0.1) is 0 Å². The van der Waals surface area contributed by atoms with Gasteiger partial charge < -0.3 is 8.83 Å². The molecule has 1 aliphatic heterocycles. The molecule has 1 aliphatic rings. The molecule has 1 atom stereocenters. The monoisotopic (exact) mass is 573 g/mol. The molecule has 0 fully saturated rings. The van der Waals surface area contributed by atoms with Crippen LogP contribution >= 0.6 is 0 Å². The van der Waals surface area contributed by atoms with Crippen molar-refractivity contribution in [1.82, 2.24) is 0 Å². The normalized spacial score (nSPS) is 16.4. The van der Waals surface area contributed by atoms with E-state index in [1.807, 2.05) is 103 Å². The summed E-state index contributed by atoms with van der Waals surface area (Å²) in [5.74, 6) is 0. The second-order valence-corrected chi connectivity index (χ2v) is 12.9. The third-order valence-corrected chi connectivity index (χ3v) is 10.6. The highest BCUT2D eigenvalue weighted by Gasteiger charge is 2.26. The Labute approximate surface area is 247 Å². The van der Waals surface area contributed by atoms with Crippen molar-refractivity contribution in [3.05, 3.63) is 151 Å². The van der Waals surface area contributed by atoms with Crippen LogP contribution in [0.25, 0.3) is 60.6 Å². The Morgan fingerprint density at radius 3 is 1.98 bits per heavy atom. The molecule has 0 N–H and O–H groups in total. The molecule has 0 spiro atoms. The lowest BCUT2D eigenvalue weighted by Crippen LogP contribution is -2.09. The highest BCUT2D eigenvalue weighted by atomic mass is 32.2. The van der Waals surface area contributed by atoms with Gasteiger partial charge in [0, 0.05) is 38.9 Å². The summed E-state index contributed by atoms with van der Waals surface area (Å²) in [4.78, 5) is 1.43. The summed E-state index contributed by atoms with van der Waals surface area (Å²) in [6.45, 7) is 0. The fraction of sp³-hybridized carbons (Fsp3) is 0. The Morgan fingerprint density at radius 1 is 0.512 bits per heavy atom. The number of hydrogen-bond donors (Lipinski definition) is 0. The molecule has 6 aromatic carbocycles. The van der Waals surface area contributed by atoms with E-state index >= 15 is 0 Å². The van der Waals surface area contributed by atoms with Gasteiger partial charge in [-0.05, 0) is 65.2 Å². The minimum Gasteiger partial charge on any atom is -0.456 e. The molecule has 0 saturated carbocycles. The predicted molar refractivity (Wildman–Crippen MR) is 173 cm³/mol. The van der Waals surface area contributed by atoms with E-state index in [0.717, 1.165) is 76.6 Å². The van der Waals surface area contributed by atoms with Gasteiger partial charge in [-0.2, -0.15) is 4.36 Å². The van der Waals surface area contributed by atoms with Crippen molar-refractivity contribution >= 4 is 59.2 Å². The van der Waals surface area contributed by atoms with Crippen LogP contribution in [0.4, 0.5) is 0 Å². The summed E-state index contributed by atoms with van der Waals surface area (Å²) < 4.78 is 31.7. The van der Waals surface area contributed by atoms with Gasteiger partial charge in [0.2, 0.25) is 0 Å². The molecule has 0 saturated heterocycles. The number of hydrogen-bond acceptors (Lipinski definition) is 4. The first-order valence-electron chi connectivity index (χ1n) is 14.2. The van der Waals surface area contributed by atoms with Gasteiger partial charge >= 0.3 is 0 Å². The Hall–Kier alpha value is -5.39. The minimum atomic E-state index is -2.81. The molecule has 9 rings (SSSR count). The molecule has 43 heavy (non-hydrogen) atoms. The van der Waals surface area contributed by atoms with Crippen LogP contribution in [0.2, 0.25) is 0 Å². The third-order valence-electron chi connectivity index (χ3n) is 8.37. The topological polar surface area (TPSA) is 55.7 Å². The largest absolute Gasteiger partial charge is 0.456 e. The van der Waals surface area contributed by atoms with Crippen molar-refractivity contribution in [3.63, 3.8) is 0 Å². The van der Waals surface area contributed by atoms with Gasteiger partial charge in [-0.3, -0.25) is 0 Å². The summed E-state index contributed by atoms with van der Waals surface area (Å²) in [6, 6.07) is 44.2. The van der Waals surface area contributed by atoms with E-state index in [-0.39, 0.29) is 0 Å². The first-order chi connectivity index (χ1) is 21.2. The molecule has 3 heterocycles. The van der Waals surface area contributed by atoms with Gasteiger partial charge in [-0.15, -0.1) is 0 Å². The number of para-hydroxylation sites is 1. The van der Waals surface area contributed by atoms with E-state index in [9.17, 15) is 4.21 Å². The van der Waals surface area contributed by atoms with Crippen molar-refractivity contribution in [3.8, 4) is 11.1 Å². The van der Waals surface area contributed by atoms with Gasteiger partial charge in [-0.1, -0.05) is 84.9 Å². The SMILES string of the molecule is O=S1(c2ccccc2)=NC=C(c2cccc3oc4ccc(-c5cccc6oc7ccccc7c56)cc4c23)c2ccccc21. The van der Waals surface area contributed by atoms with Crippen LogP contribution < -0.4 is 0 Å². The van der Waals surface area contributed by atoms with Crippen LogP contribution in [0.1, 0.15) is 11.1 Å². The fourth-order valence-corrected chi connectivity index (χ4v) is 8.43. The van der Waals surface area contributed by atoms with Crippen LogP contribution in [-0.2, 0) is 9.73 Å². The number of benzene rings is 6. The average Bonchev–Trinajstić information content (AvgIpc) is 3.64. The zero-order valence-corrected chi connectivity index (χ0v) is 23.7. The van der Waals surface area contributed by atoms with Gasteiger partial charge in [0.25, 0.3) is 0 Å². The molecule has 204 valence electrons. The number of fused-ring (bicyclic) bond motifs is 7. The van der Waals surface area contributed by atoms with Gasteiger partial charge in [0.1, 0.15) is 32.1 Å². The Morgan fingerprint density at radius 2 is 1.14 bits per heavy atom. The maximum Gasteiger partial charge on any atom is 0.136 e. The number of rotatable bonds is 3. The highest BCUT2D eigenvalue weighted by molar-refractivity contribution is 7.94. The maximum absolute atomic E-state index is 14.4. The molecular weight excluding hydrogens is 550 g/mol. The summed E-state index contributed by atoms with van der Waals surface area (Å²) >= 11 is 0. The summed E-state index contributed by atoms with van der Waals surface area (Å²) in [5, 5.41) is 4.22. The van der Waals surface area contributed by atoms with E-state index in [1.165, 1.54) is 0 Å². The lowest BCUT2D eigenvalue weighted by atomic mass is 9.93. The molecular formula is C38H23NO3S. The fourth-order valence-electron chi connectivity index (χ4n) is 6.43. The number of nitrogens with zero attached hydrogens (tertiary/aromatic N) is 1. The molecule has 4 nitrogen and oxygen atoms in total. The van der Waals surface area contributed by atoms with E-state index in [1.54, 1.807) is 6.20 Å². The lowest BCUT2D eigenvalue weighted by molar-refractivity contribution is 0.669. The molecule has 5 heteroatoms. The summed E-state index contributed by atoms with van der Waals surface area (Å²) in [5.41, 5.74) is 8.37. The van der Waals surface area contributed by atoms with Crippen molar-refractivity contribution in [2.45, 2.75) is 9.79 Å². The van der Waals surface area contributed by atoms with Gasteiger partial charge in [0.05, 0.1) is 9.79 Å². The smallest absolute Gasteiger partial charge is 0.136 e. The molecule has 0 amide bonds. The lowest BCUT2D eigenvalue weighted by Gasteiger charge is -2.21. The van der Waals surface area contributed by atoms with Crippen LogP contribution in [-0.4, -0.2) is 4.21 Å². The summed E-state index contributed by atoms with van der Waals surface area (Å²) in [6.07, 6.45) is 1.79. The van der Waals surface area contributed by atoms with E-state index in [0.29, 0.717) is 4.90 Å². The van der Waals surface area contributed by atoms with Gasteiger partial charge in [0.15, 0.2) is 0 Å². The van der Waals surface area contributed by atoms with Crippen molar-refractivity contribution < 1.29 is 13.0 Å². The molecule has 0 aliphatic carbocycles. The Balaban J connectivity index is 1.30. The molecule has 0 radical (unpaired) electrons. The van der Waals surface area contributed by atoms with Crippen LogP contribution in [0.5, 0.6) is 0 Å². The summed E-state index contributed by atoms with van der Waals surface area (Å²) in [7, 11) is -2.81. The minimum absolute atomic E-state index is 0.704. The predicted octanol–water partition coefficient (Wildman–Crippen LogP) is 10.4. The Kier molecular flexibility index (Phi) is 5.10. The second kappa shape index (κ2) is 9.05. The average molecular weight is 574 g/mol. The zero-order valence-electron chi connectivity index (χ0n) is 22.9. The zero-order chi connectivity index (χ0) is 28.5. The highest BCUT2D eigenvalue weighted by Crippen LogP contribution is 2.44. The molecule has 1 unspecified atom stereocenters. The first-order valence-corrected chi connectivity index (χ1v) is 15.7. The third kappa shape index (κ3) is 3.52. The first kappa shape index (κ1) is 24.2.